The summed E-state index contributed by atoms with van der Waals surface area (Å²) in [5.41, 5.74) is 3.47. The van der Waals surface area contributed by atoms with Crippen LogP contribution in [0.3, 0.4) is 0 Å². The van der Waals surface area contributed by atoms with Gasteiger partial charge in [0.15, 0.2) is 0 Å². The van der Waals surface area contributed by atoms with Gasteiger partial charge in [0.25, 0.3) is 0 Å². The molecule has 0 radical (unpaired) electrons. The molecule has 1 amide bonds. The summed E-state index contributed by atoms with van der Waals surface area (Å²) in [4.78, 5) is 21.9. The zero-order chi connectivity index (χ0) is 20.2. The van der Waals surface area contributed by atoms with Crippen LogP contribution in [-0.4, -0.2) is 51.4 Å². The van der Waals surface area contributed by atoms with Crippen molar-refractivity contribution in [3.63, 3.8) is 0 Å². The highest BCUT2D eigenvalue weighted by molar-refractivity contribution is 5.78. The van der Waals surface area contributed by atoms with E-state index in [1.807, 2.05) is 30.1 Å². The Morgan fingerprint density at radius 1 is 1.07 bits per heavy atom. The average Bonchev–Trinajstić information content (AvgIpc) is 3.08. The summed E-state index contributed by atoms with van der Waals surface area (Å²) >= 11 is 0. The number of hydrogen-bond donors (Lipinski definition) is 0. The second kappa shape index (κ2) is 8.78. The molecule has 0 saturated carbocycles. The van der Waals surface area contributed by atoms with E-state index in [0.29, 0.717) is 18.9 Å². The van der Waals surface area contributed by atoms with Gasteiger partial charge in [-0.15, -0.1) is 0 Å². The van der Waals surface area contributed by atoms with E-state index in [2.05, 4.69) is 52.9 Å². The van der Waals surface area contributed by atoms with Crippen molar-refractivity contribution in [1.29, 1.82) is 0 Å². The molecule has 152 valence electrons. The third-order valence-electron chi connectivity index (χ3n) is 6.16. The molecule has 0 bridgehead atoms. The predicted octanol–water partition coefficient (Wildman–Crippen LogP) is 3.63. The van der Waals surface area contributed by atoms with Crippen molar-refractivity contribution >= 4 is 16.9 Å². The summed E-state index contributed by atoms with van der Waals surface area (Å²) in [7, 11) is 4.23. The van der Waals surface area contributed by atoms with Crippen molar-refractivity contribution in [3.05, 3.63) is 66.0 Å². The monoisotopic (exact) mass is 390 g/mol. The Hall–Kier alpha value is -2.66. The number of para-hydroxylation sites is 2. The second-order valence-corrected chi connectivity index (χ2v) is 8.09. The van der Waals surface area contributed by atoms with Gasteiger partial charge in [0.2, 0.25) is 5.91 Å². The first-order valence-corrected chi connectivity index (χ1v) is 10.5. The molecule has 5 heteroatoms. The number of amides is 1. The smallest absolute Gasteiger partial charge is 0.223 e. The van der Waals surface area contributed by atoms with Crippen molar-refractivity contribution in [1.82, 2.24) is 19.4 Å². The van der Waals surface area contributed by atoms with Crippen molar-refractivity contribution in [2.45, 2.75) is 38.3 Å². The molecule has 1 aliphatic heterocycles. The van der Waals surface area contributed by atoms with E-state index in [1.54, 1.807) is 0 Å². The lowest BCUT2D eigenvalue weighted by Gasteiger charge is -2.37. The van der Waals surface area contributed by atoms with E-state index < -0.39 is 0 Å². The Bertz CT molecular complexity index is 957. The molecule has 1 aromatic heterocycles. The van der Waals surface area contributed by atoms with E-state index in [0.717, 1.165) is 49.3 Å². The molecule has 0 aliphatic carbocycles. The second-order valence-electron chi connectivity index (χ2n) is 8.09. The van der Waals surface area contributed by atoms with E-state index in [-0.39, 0.29) is 5.91 Å². The van der Waals surface area contributed by atoms with E-state index >= 15 is 0 Å². The minimum atomic E-state index is 0.251. The Morgan fingerprint density at radius 3 is 2.48 bits per heavy atom. The molecular formula is C24H30N4O. The normalized spacial score (nSPS) is 15.3. The van der Waals surface area contributed by atoms with Gasteiger partial charge >= 0.3 is 0 Å². The van der Waals surface area contributed by atoms with Gasteiger partial charge in [-0.3, -0.25) is 9.69 Å². The lowest BCUT2D eigenvalue weighted by Crippen LogP contribution is -2.45. The number of carbonyl (C=O) groups is 1. The summed E-state index contributed by atoms with van der Waals surface area (Å²) < 4.78 is 2.10. The van der Waals surface area contributed by atoms with Crippen molar-refractivity contribution in [2.75, 3.05) is 20.1 Å². The van der Waals surface area contributed by atoms with E-state index in [4.69, 9.17) is 4.98 Å². The molecule has 0 N–H and O–H groups in total. The standard InChI is InChI=1S/C24H30N4O/c1-26(18-19-8-4-3-5-9-19)20-14-16-28(17-15-20)24(29)13-12-23-25-21-10-6-7-11-22(21)27(23)2/h3-11,20H,12-18H2,1-2H3. The molecule has 1 aliphatic rings. The number of aromatic nitrogens is 2. The van der Waals surface area contributed by atoms with Crippen LogP contribution in [0.15, 0.2) is 54.6 Å². The zero-order valence-electron chi connectivity index (χ0n) is 17.4. The molecule has 0 atom stereocenters. The molecule has 2 aromatic carbocycles. The molecule has 0 spiro atoms. The van der Waals surface area contributed by atoms with Crippen LogP contribution in [0.2, 0.25) is 0 Å². The fraction of sp³-hybridized carbons (Fsp3) is 0.417. The van der Waals surface area contributed by atoms with Crippen LogP contribution in [0, 0.1) is 0 Å². The van der Waals surface area contributed by atoms with Crippen molar-refractivity contribution < 1.29 is 4.79 Å². The highest BCUT2D eigenvalue weighted by atomic mass is 16.2. The number of hydrogen-bond acceptors (Lipinski definition) is 3. The lowest BCUT2D eigenvalue weighted by molar-refractivity contribution is -0.132. The summed E-state index contributed by atoms with van der Waals surface area (Å²) in [5.74, 6) is 1.23. The van der Waals surface area contributed by atoms with Crippen LogP contribution >= 0.6 is 0 Å². The highest BCUT2D eigenvalue weighted by Gasteiger charge is 2.25. The topological polar surface area (TPSA) is 41.4 Å². The Balaban J connectivity index is 1.27. The maximum Gasteiger partial charge on any atom is 0.223 e. The summed E-state index contributed by atoms with van der Waals surface area (Å²) in [6, 6.07) is 19.3. The highest BCUT2D eigenvalue weighted by Crippen LogP contribution is 2.19. The number of rotatable bonds is 6. The maximum atomic E-state index is 12.7. The van der Waals surface area contributed by atoms with E-state index in [9.17, 15) is 4.79 Å². The maximum absolute atomic E-state index is 12.7. The fourth-order valence-electron chi connectivity index (χ4n) is 4.35. The molecule has 2 heterocycles. The largest absolute Gasteiger partial charge is 0.343 e. The molecule has 4 rings (SSSR count). The molecule has 1 saturated heterocycles. The SMILES string of the molecule is CN(Cc1ccccc1)C1CCN(C(=O)CCc2nc3ccccc3n2C)CC1. The average molecular weight is 391 g/mol. The molecule has 5 nitrogen and oxygen atoms in total. The summed E-state index contributed by atoms with van der Waals surface area (Å²) in [6.45, 7) is 2.67. The minimum absolute atomic E-state index is 0.251. The molecule has 3 aromatic rings. The van der Waals surface area contributed by atoms with Gasteiger partial charge in [-0.2, -0.15) is 0 Å². The molecule has 0 unspecified atom stereocenters. The third-order valence-corrected chi connectivity index (χ3v) is 6.16. The number of carbonyl (C=O) groups excluding carboxylic acids is 1. The number of benzene rings is 2. The van der Waals surface area contributed by atoms with Crippen molar-refractivity contribution in [2.24, 2.45) is 7.05 Å². The van der Waals surface area contributed by atoms with Crippen LogP contribution in [0.1, 0.15) is 30.7 Å². The van der Waals surface area contributed by atoms with Gasteiger partial charge in [0, 0.05) is 45.6 Å². The van der Waals surface area contributed by atoms with Gasteiger partial charge in [0.05, 0.1) is 11.0 Å². The number of likely N-dealkylation sites (tertiary alicyclic amines) is 1. The first-order chi connectivity index (χ1) is 14.1. The zero-order valence-corrected chi connectivity index (χ0v) is 17.4. The van der Waals surface area contributed by atoms with Crippen LogP contribution in [-0.2, 0) is 24.8 Å². The first kappa shape index (κ1) is 19.6. The number of imidazole rings is 1. The minimum Gasteiger partial charge on any atom is -0.343 e. The number of piperidine rings is 1. The van der Waals surface area contributed by atoms with Crippen LogP contribution in [0.4, 0.5) is 0 Å². The Labute approximate surface area is 172 Å². The Morgan fingerprint density at radius 2 is 1.76 bits per heavy atom. The quantitative estimate of drug-likeness (QED) is 0.645. The number of aryl methyl sites for hydroxylation is 2. The van der Waals surface area contributed by atoms with E-state index in [1.165, 1.54) is 5.56 Å². The Kier molecular flexibility index (Phi) is 5.95. The number of nitrogens with zero attached hydrogens (tertiary/aromatic N) is 4. The van der Waals surface area contributed by atoms with Gasteiger partial charge < -0.3 is 9.47 Å². The van der Waals surface area contributed by atoms with Crippen molar-refractivity contribution in [3.8, 4) is 0 Å². The number of fused-ring (bicyclic) bond motifs is 1. The first-order valence-electron chi connectivity index (χ1n) is 10.5. The van der Waals surface area contributed by atoms with Crippen LogP contribution < -0.4 is 0 Å². The molecular weight excluding hydrogens is 360 g/mol. The summed E-state index contributed by atoms with van der Waals surface area (Å²) in [6.07, 6.45) is 3.31. The van der Waals surface area contributed by atoms with Gasteiger partial charge in [-0.25, -0.2) is 4.98 Å². The van der Waals surface area contributed by atoms with Crippen LogP contribution in [0.25, 0.3) is 11.0 Å². The third kappa shape index (κ3) is 4.51. The summed E-state index contributed by atoms with van der Waals surface area (Å²) in [5, 5.41) is 0. The molecule has 1 fully saturated rings. The lowest BCUT2D eigenvalue weighted by atomic mass is 10.0. The van der Waals surface area contributed by atoms with Gasteiger partial charge in [0.1, 0.15) is 5.82 Å². The fourth-order valence-corrected chi connectivity index (χ4v) is 4.35. The molecule has 29 heavy (non-hydrogen) atoms. The van der Waals surface area contributed by atoms with Crippen LogP contribution in [0.5, 0.6) is 0 Å². The predicted molar refractivity (Wildman–Crippen MR) is 117 cm³/mol. The van der Waals surface area contributed by atoms with Gasteiger partial charge in [-0.05, 0) is 37.6 Å². The van der Waals surface area contributed by atoms with Gasteiger partial charge in [-0.1, -0.05) is 42.5 Å².